The first kappa shape index (κ1) is 21.0. The van der Waals surface area contributed by atoms with Gasteiger partial charge in [0.05, 0.1) is 43.5 Å². The van der Waals surface area contributed by atoms with Gasteiger partial charge in [-0.1, -0.05) is 6.07 Å². The van der Waals surface area contributed by atoms with E-state index in [1.807, 2.05) is 67.0 Å². The number of aromatic nitrogens is 3. The maximum absolute atomic E-state index is 5.86. The molecule has 0 spiro atoms. The van der Waals surface area contributed by atoms with E-state index < -0.39 is 0 Å². The van der Waals surface area contributed by atoms with Crippen molar-refractivity contribution in [3.8, 4) is 17.2 Å². The van der Waals surface area contributed by atoms with Crippen LogP contribution in [0.5, 0.6) is 11.5 Å². The monoisotopic (exact) mass is 457 g/mol. The summed E-state index contributed by atoms with van der Waals surface area (Å²) in [6.07, 6.45) is 7.45. The quantitative estimate of drug-likeness (QED) is 0.429. The number of hydrogen-bond acceptors (Lipinski definition) is 5. The Balaban J connectivity index is 1.69. The van der Waals surface area contributed by atoms with E-state index in [0.717, 1.165) is 22.8 Å². The normalized spacial score (nSPS) is 17.6. The highest BCUT2D eigenvalue weighted by Crippen LogP contribution is 2.45. The first-order valence-corrected chi connectivity index (χ1v) is 10.9. The second-order valence-corrected chi connectivity index (χ2v) is 7.94. The SMILES string of the molecule is COc1ccc(N2C(=S)N[C@H](c3ccccn3)[C@H]2c2cccn2-c2cccnc2)c(OC)c1. The highest BCUT2D eigenvalue weighted by molar-refractivity contribution is 7.80. The Morgan fingerprint density at radius 2 is 1.88 bits per heavy atom. The zero-order chi connectivity index (χ0) is 22.8. The van der Waals surface area contributed by atoms with Crippen LogP contribution in [0.25, 0.3) is 5.69 Å². The molecule has 2 atom stereocenters. The first-order chi connectivity index (χ1) is 16.2. The summed E-state index contributed by atoms with van der Waals surface area (Å²) < 4.78 is 13.3. The number of nitrogens with zero attached hydrogens (tertiary/aromatic N) is 4. The van der Waals surface area contributed by atoms with E-state index in [1.54, 1.807) is 26.6 Å². The maximum Gasteiger partial charge on any atom is 0.174 e. The van der Waals surface area contributed by atoms with E-state index in [2.05, 4.69) is 30.8 Å². The summed E-state index contributed by atoms with van der Waals surface area (Å²) in [5.74, 6) is 1.38. The lowest BCUT2D eigenvalue weighted by Crippen LogP contribution is -2.30. The first-order valence-electron chi connectivity index (χ1n) is 10.5. The third-order valence-corrected chi connectivity index (χ3v) is 6.07. The molecule has 8 heteroatoms. The number of methoxy groups -OCH3 is 2. The molecule has 7 nitrogen and oxygen atoms in total. The van der Waals surface area contributed by atoms with Crippen molar-refractivity contribution < 1.29 is 9.47 Å². The van der Waals surface area contributed by atoms with E-state index in [0.29, 0.717) is 16.6 Å². The third kappa shape index (κ3) is 3.78. The van der Waals surface area contributed by atoms with Gasteiger partial charge in [-0.3, -0.25) is 9.97 Å². The molecule has 1 aliphatic heterocycles. The third-order valence-electron chi connectivity index (χ3n) is 5.75. The van der Waals surface area contributed by atoms with Crippen molar-refractivity contribution in [2.24, 2.45) is 0 Å². The zero-order valence-electron chi connectivity index (χ0n) is 18.3. The van der Waals surface area contributed by atoms with E-state index >= 15 is 0 Å². The number of ether oxygens (including phenoxy) is 2. The minimum absolute atomic E-state index is 0.171. The van der Waals surface area contributed by atoms with Crippen LogP contribution in [0.3, 0.4) is 0 Å². The Hall–Kier alpha value is -3.91. The Bertz CT molecular complexity index is 1260. The molecule has 33 heavy (non-hydrogen) atoms. The molecule has 0 bridgehead atoms. The number of pyridine rings is 2. The van der Waals surface area contributed by atoms with Crippen LogP contribution >= 0.6 is 12.2 Å². The summed E-state index contributed by atoms with van der Waals surface area (Å²) in [4.78, 5) is 11.0. The number of hydrogen-bond donors (Lipinski definition) is 1. The van der Waals surface area contributed by atoms with Gasteiger partial charge in [0.15, 0.2) is 5.11 Å². The minimum atomic E-state index is -0.190. The minimum Gasteiger partial charge on any atom is -0.497 e. The molecule has 1 fully saturated rings. The molecular formula is C25H23N5O2S. The number of benzene rings is 1. The van der Waals surface area contributed by atoms with Crippen LogP contribution in [-0.2, 0) is 0 Å². The van der Waals surface area contributed by atoms with Gasteiger partial charge in [0.1, 0.15) is 17.5 Å². The fraction of sp³-hybridized carbons (Fsp3) is 0.160. The van der Waals surface area contributed by atoms with Crippen molar-refractivity contribution in [3.05, 3.63) is 96.8 Å². The van der Waals surface area contributed by atoms with Gasteiger partial charge in [0.2, 0.25) is 0 Å². The lowest BCUT2D eigenvalue weighted by molar-refractivity contribution is 0.394. The van der Waals surface area contributed by atoms with Gasteiger partial charge < -0.3 is 24.3 Å². The predicted molar refractivity (Wildman–Crippen MR) is 131 cm³/mol. The second-order valence-electron chi connectivity index (χ2n) is 7.55. The summed E-state index contributed by atoms with van der Waals surface area (Å²) in [5.41, 5.74) is 3.76. The highest BCUT2D eigenvalue weighted by atomic mass is 32.1. The molecule has 0 unspecified atom stereocenters. The van der Waals surface area contributed by atoms with Gasteiger partial charge in [0, 0.05) is 30.4 Å². The van der Waals surface area contributed by atoms with Gasteiger partial charge >= 0.3 is 0 Å². The lowest BCUT2D eigenvalue weighted by Gasteiger charge is -2.30. The van der Waals surface area contributed by atoms with Crippen LogP contribution in [0.15, 0.2) is 85.5 Å². The molecule has 1 aliphatic rings. The molecule has 1 N–H and O–H groups in total. The largest absolute Gasteiger partial charge is 0.497 e. The second kappa shape index (κ2) is 8.91. The fourth-order valence-corrected chi connectivity index (χ4v) is 4.60. The fourth-order valence-electron chi connectivity index (χ4n) is 4.27. The summed E-state index contributed by atoms with van der Waals surface area (Å²) in [5, 5.41) is 4.09. The van der Waals surface area contributed by atoms with Crippen molar-refractivity contribution in [3.63, 3.8) is 0 Å². The zero-order valence-corrected chi connectivity index (χ0v) is 19.1. The molecule has 0 amide bonds. The molecule has 0 radical (unpaired) electrons. The van der Waals surface area contributed by atoms with E-state index in [-0.39, 0.29) is 12.1 Å². The van der Waals surface area contributed by atoms with Crippen molar-refractivity contribution in [2.45, 2.75) is 12.1 Å². The van der Waals surface area contributed by atoms with Crippen molar-refractivity contribution in [1.29, 1.82) is 0 Å². The van der Waals surface area contributed by atoms with Crippen LogP contribution in [0.4, 0.5) is 5.69 Å². The van der Waals surface area contributed by atoms with Crippen LogP contribution < -0.4 is 19.7 Å². The lowest BCUT2D eigenvalue weighted by atomic mass is 10.0. The summed E-state index contributed by atoms with van der Waals surface area (Å²) in [7, 11) is 3.28. The summed E-state index contributed by atoms with van der Waals surface area (Å²) >= 11 is 5.86. The average molecular weight is 458 g/mol. The average Bonchev–Trinajstić information content (AvgIpc) is 3.49. The van der Waals surface area contributed by atoms with E-state index in [1.165, 1.54) is 0 Å². The molecule has 0 aliphatic carbocycles. The van der Waals surface area contributed by atoms with Gasteiger partial charge in [-0.25, -0.2) is 0 Å². The molecule has 1 aromatic carbocycles. The molecule has 166 valence electrons. The molecule has 5 rings (SSSR count). The summed E-state index contributed by atoms with van der Waals surface area (Å²) in [6.45, 7) is 0. The molecule has 0 saturated carbocycles. The summed E-state index contributed by atoms with van der Waals surface area (Å²) in [6, 6.07) is 19.4. The van der Waals surface area contributed by atoms with Crippen LogP contribution in [0.2, 0.25) is 0 Å². The number of rotatable bonds is 6. The maximum atomic E-state index is 5.86. The number of anilines is 1. The van der Waals surface area contributed by atoms with Gasteiger partial charge in [-0.15, -0.1) is 0 Å². The Morgan fingerprint density at radius 1 is 0.970 bits per heavy atom. The van der Waals surface area contributed by atoms with Crippen LogP contribution in [-0.4, -0.2) is 33.9 Å². The smallest absolute Gasteiger partial charge is 0.174 e. The van der Waals surface area contributed by atoms with Gasteiger partial charge in [-0.2, -0.15) is 0 Å². The van der Waals surface area contributed by atoms with Gasteiger partial charge in [-0.05, 0) is 60.7 Å². The Morgan fingerprint density at radius 3 is 2.61 bits per heavy atom. The number of thiocarbonyl (C=S) groups is 1. The van der Waals surface area contributed by atoms with Crippen molar-refractivity contribution in [1.82, 2.24) is 19.9 Å². The van der Waals surface area contributed by atoms with Crippen molar-refractivity contribution in [2.75, 3.05) is 19.1 Å². The predicted octanol–water partition coefficient (Wildman–Crippen LogP) is 4.46. The molecule has 4 heterocycles. The molecule has 1 saturated heterocycles. The Labute approximate surface area is 197 Å². The van der Waals surface area contributed by atoms with Crippen LogP contribution in [0, 0.1) is 0 Å². The topological polar surface area (TPSA) is 64.4 Å². The van der Waals surface area contributed by atoms with E-state index in [9.17, 15) is 0 Å². The number of nitrogens with one attached hydrogen (secondary N) is 1. The molecular weight excluding hydrogens is 434 g/mol. The molecule has 4 aromatic rings. The van der Waals surface area contributed by atoms with E-state index in [4.69, 9.17) is 21.7 Å². The standard InChI is InChI=1S/C25H23N5O2S/c1-31-18-10-11-20(22(15-18)32-2)30-24(23(28-25(30)33)19-8-3-4-13-27-19)21-9-6-14-29(21)17-7-5-12-26-16-17/h3-16,23-24H,1-2H3,(H,28,33)/t23-,24-/m1/s1. The Kier molecular flexibility index (Phi) is 5.66. The highest BCUT2D eigenvalue weighted by Gasteiger charge is 2.43. The van der Waals surface area contributed by atoms with Crippen LogP contribution in [0.1, 0.15) is 23.5 Å². The van der Waals surface area contributed by atoms with Crippen molar-refractivity contribution >= 4 is 23.0 Å². The molecule has 3 aromatic heterocycles. The van der Waals surface area contributed by atoms with Gasteiger partial charge in [0.25, 0.3) is 0 Å².